The predicted molar refractivity (Wildman–Crippen MR) is 141 cm³/mol. The van der Waals surface area contributed by atoms with E-state index in [9.17, 15) is 9.90 Å². The van der Waals surface area contributed by atoms with E-state index in [0.717, 1.165) is 29.0 Å². The third-order valence-electron chi connectivity index (χ3n) is 6.58. The van der Waals surface area contributed by atoms with Gasteiger partial charge < -0.3 is 24.5 Å². The highest BCUT2D eigenvalue weighted by Gasteiger charge is 2.30. The van der Waals surface area contributed by atoms with Gasteiger partial charge in [0.1, 0.15) is 25.1 Å². The van der Waals surface area contributed by atoms with Crippen LogP contribution in [0.2, 0.25) is 5.15 Å². The molecule has 192 valence electrons. The molecule has 0 amide bonds. The lowest BCUT2D eigenvalue weighted by Gasteiger charge is -2.32. The number of carboxylic acids is 1. The number of carboxylic acid groups (broad SMARTS) is 1. The van der Waals surface area contributed by atoms with E-state index in [1.807, 2.05) is 49.4 Å². The molecule has 7 nitrogen and oxygen atoms in total. The number of aromatic nitrogens is 2. The number of ether oxygens (including phenoxy) is 2. The van der Waals surface area contributed by atoms with Crippen molar-refractivity contribution in [2.45, 2.75) is 59.2 Å². The quantitative estimate of drug-likeness (QED) is 0.380. The second-order valence-electron chi connectivity index (χ2n) is 10.2. The van der Waals surface area contributed by atoms with E-state index in [4.69, 9.17) is 21.1 Å². The fourth-order valence-corrected chi connectivity index (χ4v) is 4.78. The van der Waals surface area contributed by atoms with Crippen LogP contribution in [0, 0.1) is 5.41 Å². The molecule has 1 aliphatic rings. The molecule has 2 N–H and O–H groups in total. The van der Waals surface area contributed by atoms with E-state index in [-0.39, 0.29) is 11.5 Å². The number of halogens is 1. The first-order chi connectivity index (χ1) is 17.2. The van der Waals surface area contributed by atoms with Gasteiger partial charge in [0.2, 0.25) is 0 Å². The van der Waals surface area contributed by atoms with Gasteiger partial charge in [-0.15, -0.1) is 0 Å². The van der Waals surface area contributed by atoms with Crippen LogP contribution in [0.25, 0.3) is 11.4 Å². The monoisotopic (exact) mass is 511 g/mol. The maximum atomic E-state index is 12.2. The summed E-state index contributed by atoms with van der Waals surface area (Å²) in [7, 11) is 0. The molecule has 1 aromatic heterocycles. The molecule has 0 bridgehead atoms. The molecule has 36 heavy (non-hydrogen) atoms. The van der Waals surface area contributed by atoms with E-state index < -0.39 is 12.0 Å². The molecule has 0 saturated heterocycles. The van der Waals surface area contributed by atoms with Gasteiger partial charge in [0, 0.05) is 18.2 Å². The number of nitrogens with one attached hydrogen (secondary N) is 1. The molecule has 0 fully saturated rings. The van der Waals surface area contributed by atoms with Gasteiger partial charge in [-0.05, 0) is 36.0 Å². The number of fused-ring (bicyclic) bond motifs is 1. The largest absolute Gasteiger partial charge is 0.486 e. The van der Waals surface area contributed by atoms with Crippen LogP contribution in [0.4, 0.5) is 0 Å². The molecule has 0 saturated carbocycles. The summed E-state index contributed by atoms with van der Waals surface area (Å²) in [6.45, 7) is 9.90. The zero-order valence-electron chi connectivity index (χ0n) is 21.3. The number of hydrogen-bond acceptors (Lipinski definition) is 5. The molecule has 2 aromatic carbocycles. The van der Waals surface area contributed by atoms with Crippen molar-refractivity contribution in [2.75, 3.05) is 13.2 Å². The summed E-state index contributed by atoms with van der Waals surface area (Å²) >= 11 is 6.65. The van der Waals surface area contributed by atoms with Crippen molar-refractivity contribution in [2.24, 2.45) is 5.41 Å². The number of hydrogen-bond donors (Lipinski definition) is 2. The van der Waals surface area contributed by atoms with Gasteiger partial charge in [0.05, 0.1) is 5.69 Å². The van der Waals surface area contributed by atoms with Gasteiger partial charge in [-0.3, -0.25) is 0 Å². The lowest BCUT2D eigenvalue weighted by molar-refractivity contribution is -0.141. The Morgan fingerprint density at radius 1 is 1.14 bits per heavy atom. The van der Waals surface area contributed by atoms with Crippen LogP contribution in [0.3, 0.4) is 0 Å². The predicted octanol–water partition coefficient (Wildman–Crippen LogP) is 5.76. The average Bonchev–Trinajstić information content (AvgIpc) is 3.17. The SMILES string of the molecule is CCC(C(=O)O)n1c(-c2ccccc2)nc(Cl)c1CNC(Cc1ccc2c(c1)OCCO2)C(C)(C)C. The van der Waals surface area contributed by atoms with Crippen molar-refractivity contribution in [3.63, 3.8) is 0 Å². The Bertz CT molecular complexity index is 1200. The molecule has 2 heterocycles. The average molecular weight is 512 g/mol. The maximum absolute atomic E-state index is 12.2. The first-order valence-corrected chi connectivity index (χ1v) is 12.7. The van der Waals surface area contributed by atoms with Crippen LogP contribution < -0.4 is 14.8 Å². The third kappa shape index (κ3) is 5.68. The molecule has 2 atom stereocenters. The van der Waals surface area contributed by atoms with Crippen molar-refractivity contribution < 1.29 is 19.4 Å². The molecule has 0 spiro atoms. The van der Waals surface area contributed by atoms with E-state index >= 15 is 0 Å². The Morgan fingerprint density at radius 2 is 1.83 bits per heavy atom. The Morgan fingerprint density at radius 3 is 2.47 bits per heavy atom. The highest BCUT2D eigenvalue weighted by Crippen LogP contribution is 2.34. The van der Waals surface area contributed by atoms with Crippen LogP contribution in [0.1, 0.15) is 51.4 Å². The molecule has 4 rings (SSSR count). The fourth-order valence-electron chi connectivity index (χ4n) is 4.55. The number of carbonyl (C=O) groups is 1. The molecule has 0 radical (unpaired) electrons. The van der Waals surface area contributed by atoms with Crippen LogP contribution in [-0.2, 0) is 17.8 Å². The van der Waals surface area contributed by atoms with E-state index in [2.05, 4.69) is 37.1 Å². The molecule has 1 aliphatic heterocycles. The zero-order valence-corrected chi connectivity index (χ0v) is 22.0. The standard InChI is InChI=1S/C28H34ClN3O4/c1-5-20(27(33)34)32-21(25(29)31-26(32)19-9-7-6-8-10-19)17-30-24(28(2,3)4)16-18-11-12-22-23(15-18)36-14-13-35-22/h6-12,15,20,24,30H,5,13-14,16-17H2,1-4H3,(H,33,34). The Labute approximate surface area is 217 Å². The highest BCUT2D eigenvalue weighted by atomic mass is 35.5. The summed E-state index contributed by atoms with van der Waals surface area (Å²) in [6, 6.07) is 14.9. The van der Waals surface area contributed by atoms with Gasteiger partial charge in [-0.1, -0.05) is 75.7 Å². The van der Waals surface area contributed by atoms with E-state index in [0.29, 0.717) is 42.9 Å². The van der Waals surface area contributed by atoms with Crippen molar-refractivity contribution in [3.8, 4) is 22.9 Å². The molecule has 2 unspecified atom stereocenters. The van der Waals surface area contributed by atoms with Crippen LogP contribution in [-0.4, -0.2) is 39.9 Å². The Hall–Kier alpha value is -3.03. The maximum Gasteiger partial charge on any atom is 0.326 e. The minimum Gasteiger partial charge on any atom is -0.486 e. The van der Waals surface area contributed by atoms with Crippen molar-refractivity contribution in [3.05, 3.63) is 64.9 Å². The van der Waals surface area contributed by atoms with Gasteiger partial charge >= 0.3 is 5.97 Å². The topological polar surface area (TPSA) is 85.6 Å². The van der Waals surface area contributed by atoms with Crippen LogP contribution in [0.5, 0.6) is 11.5 Å². The summed E-state index contributed by atoms with van der Waals surface area (Å²) in [4.78, 5) is 16.8. The number of benzene rings is 2. The van der Waals surface area contributed by atoms with Crippen molar-refractivity contribution in [1.29, 1.82) is 0 Å². The van der Waals surface area contributed by atoms with E-state index in [1.54, 1.807) is 4.57 Å². The first-order valence-electron chi connectivity index (χ1n) is 12.4. The smallest absolute Gasteiger partial charge is 0.326 e. The number of rotatable bonds is 9. The second-order valence-corrected chi connectivity index (χ2v) is 10.5. The molecular formula is C28H34ClN3O4. The van der Waals surface area contributed by atoms with E-state index in [1.165, 1.54) is 0 Å². The van der Waals surface area contributed by atoms with Crippen molar-refractivity contribution >= 4 is 17.6 Å². The lowest BCUT2D eigenvalue weighted by Crippen LogP contribution is -2.42. The minimum atomic E-state index is -0.909. The van der Waals surface area contributed by atoms with Gasteiger partial charge in [-0.2, -0.15) is 0 Å². The first kappa shape index (κ1) is 26.0. The molecule has 8 heteroatoms. The molecule has 3 aromatic rings. The fraction of sp³-hybridized carbons (Fsp3) is 0.429. The normalized spacial score (nSPS) is 14.9. The molecule has 0 aliphatic carbocycles. The van der Waals surface area contributed by atoms with Crippen LogP contribution in [0.15, 0.2) is 48.5 Å². The van der Waals surface area contributed by atoms with Gasteiger partial charge in [-0.25, -0.2) is 9.78 Å². The second kappa shape index (κ2) is 10.9. The Balaban J connectivity index is 1.64. The summed E-state index contributed by atoms with van der Waals surface area (Å²) in [6.07, 6.45) is 1.17. The number of aliphatic carboxylic acids is 1. The van der Waals surface area contributed by atoms with Crippen molar-refractivity contribution in [1.82, 2.24) is 14.9 Å². The highest BCUT2D eigenvalue weighted by molar-refractivity contribution is 6.30. The van der Waals surface area contributed by atoms with Gasteiger partial charge in [0.15, 0.2) is 16.7 Å². The summed E-state index contributed by atoms with van der Waals surface area (Å²) in [5.41, 5.74) is 2.55. The molecular weight excluding hydrogens is 478 g/mol. The third-order valence-corrected chi connectivity index (χ3v) is 6.89. The van der Waals surface area contributed by atoms with Crippen LogP contribution >= 0.6 is 11.6 Å². The summed E-state index contributed by atoms with van der Waals surface area (Å²) in [5, 5.41) is 14.0. The number of nitrogens with zero attached hydrogens (tertiary/aromatic N) is 2. The minimum absolute atomic E-state index is 0.0737. The van der Waals surface area contributed by atoms with Gasteiger partial charge in [0.25, 0.3) is 0 Å². The summed E-state index contributed by atoms with van der Waals surface area (Å²) < 4.78 is 13.2. The lowest BCUT2D eigenvalue weighted by atomic mass is 9.83. The zero-order chi connectivity index (χ0) is 25.9. The summed E-state index contributed by atoms with van der Waals surface area (Å²) in [5.74, 6) is 1.19. The number of imidazole rings is 1. The Kier molecular flexibility index (Phi) is 7.91.